The molecule has 0 N–H and O–H groups in total. The summed E-state index contributed by atoms with van der Waals surface area (Å²) in [7, 11) is 0. The number of amides is 1. The molecule has 4 rings (SSSR count). The minimum atomic E-state index is -0.157. The first-order chi connectivity index (χ1) is 10.7. The van der Waals surface area contributed by atoms with Crippen LogP contribution in [0.2, 0.25) is 0 Å². The standard InChI is InChI=1S/C18H17N3O/c1-13-17(22)21(11-14-7-3-2-4-8-14)18-19-16-10-6-5-9-15(16)12-20(13)18/h2-10,13H,11-12H2,1H3. The van der Waals surface area contributed by atoms with Gasteiger partial charge in [-0.3, -0.25) is 9.69 Å². The lowest BCUT2D eigenvalue weighted by Gasteiger charge is -2.28. The number of aliphatic imine (C=N–C) groups is 1. The summed E-state index contributed by atoms with van der Waals surface area (Å²) in [6.45, 7) is 3.27. The van der Waals surface area contributed by atoms with Crippen molar-refractivity contribution in [1.29, 1.82) is 0 Å². The Kier molecular flexibility index (Phi) is 2.96. The van der Waals surface area contributed by atoms with E-state index in [1.165, 1.54) is 5.56 Å². The van der Waals surface area contributed by atoms with Crippen LogP contribution < -0.4 is 0 Å². The highest BCUT2D eigenvalue weighted by molar-refractivity contribution is 6.07. The van der Waals surface area contributed by atoms with Crippen molar-refractivity contribution in [3.8, 4) is 0 Å². The van der Waals surface area contributed by atoms with E-state index in [0.29, 0.717) is 6.54 Å². The van der Waals surface area contributed by atoms with Crippen molar-refractivity contribution in [1.82, 2.24) is 9.80 Å². The molecule has 0 spiro atoms. The highest BCUT2D eigenvalue weighted by Crippen LogP contribution is 2.32. The molecule has 1 fully saturated rings. The van der Waals surface area contributed by atoms with Crippen molar-refractivity contribution in [3.63, 3.8) is 0 Å². The molecule has 4 heteroatoms. The van der Waals surface area contributed by atoms with Gasteiger partial charge in [0.05, 0.1) is 12.2 Å². The van der Waals surface area contributed by atoms with Crippen LogP contribution in [0.3, 0.4) is 0 Å². The monoisotopic (exact) mass is 291 g/mol. The molecule has 2 aliphatic heterocycles. The summed E-state index contributed by atoms with van der Waals surface area (Å²) in [6, 6.07) is 18.0. The molecule has 4 nitrogen and oxygen atoms in total. The fraction of sp³-hybridized carbons (Fsp3) is 0.222. The van der Waals surface area contributed by atoms with Gasteiger partial charge in [0, 0.05) is 6.54 Å². The molecule has 0 bridgehead atoms. The Bertz CT molecular complexity index is 754. The lowest BCUT2D eigenvalue weighted by molar-refractivity contribution is -0.128. The predicted octanol–water partition coefficient (Wildman–Crippen LogP) is 2.92. The fourth-order valence-corrected chi connectivity index (χ4v) is 3.08. The molecule has 0 aromatic heterocycles. The van der Waals surface area contributed by atoms with Gasteiger partial charge in [-0.2, -0.15) is 0 Å². The number of hydrogen-bond acceptors (Lipinski definition) is 3. The quantitative estimate of drug-likeness (QED) is 0.853. The molecule has 0 radical (unpaired) electrons. The summed E-state index contributed by atoms with van der Waals surface area (Å²) in [6.07, 6.45) is 0. The Hall–Kier alpha value is -2.62. The Morgan fingerprint density at radius 3 is 2.64 bits per heavy atom. The van der Waals surface area contributed by atoms with Crippen molar-refractivity contribution in [2.24, 2.45) is 4.99 Å². The van der Waals surface area contributed by atoms with E-state index in [2.05, 4.69) is 11.0 Å². The fourth-order valence-electron chi connectivity index (χ4n) is 3.08. The van der Waals surface area contributed by atoms with Gasteiger partial charge in [-0.15, -0.1) is 0 Å². The zero-order valence-corrected chi connectivity index (χ0v) is 12.4. The van der Waals surface area contributed by atoms with Gasteiger partial charge in [0.15, 0.2) is 0 Å². The summed E-state index contributed by atoms with van der Waals surface area (Å²) < 4.78 is 0. The summed E-state index contributed by atoms with van der Waals surface area (Å²) in [5.41, 5.74) is 3.26. The van der Waals surface area contributed by atoms with Crippen molar-refractivity contribution < 1.29 is 4.79 Å². The van der Waals surface area contributed by atoms with Crippen LogP contribution in [-0.4, -0.2) is 27.7 Å². The normalized spacial score (nSPS) is 19.8. The number of carbonyl (C=O) groups excluding carboxylic acids is 1. The first kappa shape index (κ1) is 13.1. The molecular weight excluding hydrogens is 274 g/mol. The number of rotatable bonds is 2. The van der Waals surface area contributed by atoms with Gasteiger partial charge in [0.1, 0.15) is 6.04 Å². The van der Waals surface area contributed by atoms with Crippen molar-refractivity contribution in [3.05, 3.63) is 65.7 Å². The summed E-state index contributed by atoms with van der Waals surface area (Å²) in [5, 5.41) is 0. The van der Waals surface area contributed by atoms with E-state index in [1.54, 1.807) is 4.90 Å². The molecule has 22 heavy (non-hydrogen) atoms. The molecule has 0 aliphatic carbocycles. The second-order valence-electron chi connectivity index (χ2n) is 5.75. The zero-order chi connectivity index (χ0) is 15.1. The van der Waals surface area contributed by atoms with E-state index in [4.69, 9.17) is 4.99 Å². The van der Waals surface area contributed by atoms with Gasteiger partial charge in [-0.05, 0) is 24.1 Å². The van der Waals surface area contributed by atoms with Crippen LogP contribution in [-0.2, 0) is 17.9 Å². The molecule has 2 heterocycles. The van der Waals surface area contributed by atoms with E-state index in [9.17, 15) is 4.79 Å². The molecule has 110 valence electrons. The number of nitrogens with zero attached hydrogens (tertiary/aromatic N) is 3. The van der Waals surface area contributed by atoms with E-state index in [0.717, 1.165) is 23.8 Å². The maximum Gasteiger partial charge on any atom is 0.252 e. The smallest absolute Gasteiger partial charge is 0.252 e. The number of para-hydroxylation sites is 1. The van der Waals surface area contributed by atoms with Crippen molar-refractivity contribution in [2.45, 2.75) is 26.1 Å². The molecule has 2 aliphatic rings. The number of hydrogen-bond donors (Lipinski definition) is 0. The number of carbonyl (C=O) groups is 1. The van der Waals surface area contributed by atoms with Crippen LogP contribution in [0.4, 0.5) is 5.69 Å². The molecule has 1 amide bonds. The summed E-state index contributed by atoms with van der Waals surface area (Å²) in [4.78, 5) is 21.3. The van der Waals surface area contributed by atoms with Crippen LogP contribution in [0.15, 0.2) is 59.6 Å². The van der Waals surface area contributed by atoms with Gasteiger partial charge in [0.2, 0.25) is 5.96 Å². The van der Waals surface area contributed by atoms with Crippen LogP contribution in [0.5, 0.6) is 0 Å². The van der Waals surface area contributed by atoms with Crippen LogP contribution in [0.25, 0.3) is 0 Å². The summed E-state index contributed by atoms with van der Waals surface area (Å²) >= 11 is 0. The minimum Gasteiger partial charge on any atom is -0.326 e. The first-order valence-corrected chi connectivity index (χ1v) is 7.52. The molecule has 2 aromatic carbocycles. The Labute approximate surface area is 129 Å². The number of guanidine groups is 1. The summed E-state index contributed by atoms with van der Waals surface area (Å²) in [5.74, 6) is 0.899. The van der Waals surface area contributed by atoms with Crippen LogP contribution >= 0.6 is 0 Å². The molecule has 0 saturated carbocycles. The van der Waals surface area contributed by atoms with Crippen LogP contribution in [0, 0.1) is 0 Å². The molecule has 1 atom stereocenters. The van der Waals surface area contributed by atoms with Gasteiger partial charge in [0.25, 0.3) is 5.91 Å². The SMILES string of the molecule is CC1C(=O)N(Cc2ccccc2)C2=Nc3ccccc3CN21. The van der Waals surface area contributed by atoms with Crippen molar-refractivity contribution in [2.75, 3.05) is 0 Å². The second-order valence-corrected chi connectivity index (χ2v) is 5.75. The molecule has 1 unspecified atom stereocenters. The highest BCUT2D eigenvalue weighted by Gasteiger charge is 2.42. The highest BCUT2D eigenvalue weighted by atomic mass is 16.2. The van der Waals surface area contributed by atoms with Gasteiger partial charge >= 0.3 is 0 Å². The average molecular weight is 291 g/mol. The maximum absolute atomic E-state index is 12.6. The molecule has 1 saturated heterocycles. The maximum atomic E-state index is 12.6. The van der Waals surface area contributed by atoms with E-state index in [1.807, 2.05) is 55.5 Å². The van der Waals surface area contributed by atoms with Gasteiger partial charge < -0.3 is 4.90 Å². The van der Waals surface area contributed by atoms with Crippen LogP contribution in [0.1, 0.15) is 18.1 Å². The Morgan fingerprint density at radius 2 is 1.82 bits per heavy atom. The largest absolute Gasteiger partial charge is 0.326 e. The first-order valence-electron chi connectivity index (χ1n) is 7.52. The average Bonchev–Trinajstić information content (AvgIpc) is 2.79. The predicted molar refractivity (Wildman–Crippen MR) is 85.5 cm³/mol. The molecule has 2 aromatic rings. The van der Waals surface area contributed by atoms with E-state index < -0.39 is 0 Å². The second kappa shape index (κ2) is 4.98. The van der Waals surface area contributed by atoms with Gasteiger partial charge in [-0.1, -0.05) is 48.5 Å². The van der Waals surface area contributed by atoms with E-state index >= 15 is 0 Å². The number of benzene rings is 2. The Morgan fingerprint density at radius 1 is 1.09 bits per heavy atom. The lowest BCUT2D eigenvalue weighted by atomic mass is 10.1. The van der Waals surface area contributed by atoms with Gasteiger partial charge in [-0.25, -0.2) is 4.99 Å². The Balaban J connectivity index is 1.73. The minimum absolute atomic E-state index is 0.121. The topological polar surface area (TPSA) is 35.9 Å². The lowest BCUT2D eigenvalue weighted by Crippen LogP contribution is -2.36. The third kappa shape index (κ3) is 1.99. The third-order valence-corrected chi connectivity index (χ3v) is 4.33. The third-order valence-electron chi connectivity index (χ3n) is 4.33. The molecular formula is C18H17N3O. The van der Waals surface area contributed by atoms with E-state index in [-0.39, 0.29) is 11.9 Å². The zero-order valence-electron chi connectivity index (χ0n) is 12.4. The van der Waals surface area contributed by atoms with Crippen molar-refractivity contribution >= 4 is 17.6 Å². The number of fused-ring (bicyclic) bond motifs is 2.